The van der Waals surface area contributed by atoms with Crippen LogP contribution in [0.25, 0.3) is 16.9 Å². The molecule has 0 atom stereocenters. The molecule has 5 heteroatoms. The molecule has 0 aliphatic heterocycles. The van der Waals surface area contributed by atoms with Gasteiger partial charge in [0.25, 0.3) is 5.91 Å². The lowest BCUT2D eigenvalue weighted by Gasteiger charge is -2.10. The Morgan fingerprint density at radius 2 is 1.71 bits per heavy atom. The van der Waals surface area contributed by atoms with Gasteiger partial charge < -0.3 is 5.32 Å². The van der Waals surface area contributed by atoms with Crippen LogP contribution in [0.3, 0.4) is 0 Å². The highest BCUT2D eigenvalue weighted by atomic mass is 16.1. The molecule has 0 spiro atoms. The number of aromatic nitrogens is 3. The second kappa shape index (κ2) is 6.66. The first kappa shape index (κ1) is 15.9. The van der Waals surface area contributed by atoms with Crippen LogP contribution in [0.1, 0.15) is 29.8 Å². The number of amides is 1. The Morgan fingerprint density at radius 3 is 2.33 bits per heavy atom. The molecule has 0 radical (unpaired) electrons. The maximum absolute atomic E-state index is 12.0. The van der Waals surface area contributed by atoms with Crippen molar-refractivity contribution in [1.29, 1.82) is 0 Å². The normalized spacial score (nSPS) is 10.8. The van der Waals surface area contributed by atoms with Gasteiger partial charge in [0, 0.05) is 17.2 Å². The monoisotopic (exact) mass is 320 g/mol. The van der Waals surface area contributed by atoms with E-state index >= 15 is 0 Å². The molecule has 0 saturated carbocycles. The number of carbonyl (C=O) groups is 1. The van der Waals surface area contributed by atoms with Crippen LogP contribution < -0.4 is 5.32 Å². The summed E-state index contributed by atoms with van der Waals surface area (Å²) in [6.07, 6.45) is 1.74. The van der Waals surface area contributed by atoms with Crippen molar-refractivity contribution in [3.63, 3.8) is 0 Å². The molecule has 0 fully saturated rings. The number of hydrogen-bond donors (Lipinski definition) is 1. The summed E-state index contributed by atoms with van der Waals surface area (Å²) in [7, 11) is 0. The van der Waals surface area contributed by atoms with Gasteiger partial charge in [-0.3, -0.25) is 4.79 Å². The summed E-state index contributed by atoms with van der Waals surface area (Å²) in [5.41, 5.74) is 4.66. The van der Waals surface area contributed by atoms with Gasteiger partial charge in [-0.05, 0) is 45.0 Å². The van der Waals surface area contributed by atoms with Crippen LogP contribution in [0.2, 0.25) is 0 Å². The highest BCUT2D eigenvalue weighted by Gasteiger charge is 2.11. The largest absolute Gasteiger partial charge is 0.350 e. The number of hydrogen-bond acceptors (Lipinski definition) is 3. The van der Waals surface area contributed by atoms with Crippen LogP contribution >= 0.6 is 0 Å². The number of aryl methyl sites for hydroxylation is 1. The molecule has 0 aliphatic rings. The third-order valence-corrected chi connectivity index (χ3v) is 3.69. The fourth-order valence-corrected chi connectivity index (χ4v) is 2.45. The second-order valence-electron chi connectivity index (χ2n) is 6.07. The van der Waals surface area contributed by atoms with Gasteiger partial charge in [-0.1, -0.05) is 35.0 Å². The van der Waals surface area contributed by atoms with Crippen LogP contribution in [-0.4, -0.2) is 26.9 Å². The summed E-state index contributed by atoms with van der Waals surface area (Å²) in [6, 6.07) is 15.7. The van der Waals surface area contributed by atoms with Crippen LogP contribution in [0.5, 0.6) is 0 Å². The average molecular weight is 320 g/mol. The highest BCUT2D eigenvalue weighted by molar-refractivity contribution is 5.94. The minimum atomic E-state index is -0.0751. The van der Waals surface area contributed by atoms with Gasteiger partial charge >= 0.3 is 0 Å². The van der Waals surface area contributed by atoms with Crippen molar-refractivity contribution in [2.24, 2.45) is 0 Å². The molecule has 5 nitrogen and oxygen atoms in total. The molecular formula is C19H20N4O. The predicted octanol–water partition coefficient (Wildman–Crippen LogP) is 3.38. The molecule has 2 aromatic carbocycles. The first-order chi connectivity index (χ1) is 11.5. The Labute approximate surface area is 141 Å². The van der Waals surface area contributed by atoms with Gasteiger partial charge in [-0.2, -0.15) is 0 Å². The first-order valence-corrected chi connectivity index (χ1v) is 7.93. The van der Waals surface area contributed by atoms with Crippen molar-refractivity contribution in [3.05, 3.63) is 65.9 Å². The zero-order valence-electron chi connectivity index (χ0n) is 14.0. The Hall–Kier alpha value is -2.95. The van der Waals surface area contributed by atoms with Crippen molar-refractivity contribution >= 4 is 5.91 Å². The third kappa shape index (κ3) is 3.35. The molecule has 1 amide bonds. The van der Waals surface area contributed by atoms with Crippen molar-refractivity contribution in [1.82, 2.24) is 20.3 Å². The van der Waals surface area contributed by atoms with Crippen molar-refractivity contribution in [2.75, 3.05) is 0 Å². The molecule has 122 valence electrons. The molecule has 3 aromatic rings. The van der Waals surface area contributed by atoms with E-state index in [4.69, 9.17) is 0 Å². The van der Waals surface area contributed by atoms with Gasteiger partial charge in [-0.15, -0.1) is 5.10 Å². The number of rotatable bonds is 4. The van der Waals surface area contributed by atoms with E-state index in [1.54, 1.807) is 23.0 Å². The van der Waals surface area contributed by atoms with Gasteiger partial charge in [-0.25, -0.2) is 4.68 Å². The lowest BCUT2D eigenvalue weighted by atomic mass is 10.1. The lowest BCUT2D eigenvalue weighted by Crippen LogP contribution is -2.29. The van der Waals surface area contributed by atoms with Gasteiger partial charge in [0.1, 0.15) is 0 Å². The van der Waals surface area contributed by atoms with Crippen molar-refractivity contribution in [3.8, 4) is 16.9 Å². The molecule has 3 rings (SSSR count). The number of benzene rings is 2. The minimum absolute atomic E-state index is 0.0751. The van der Waals surface area contributed by atoms with E-state index in [0.29, 0.717) is 5.56 Å². The van der Waals surface area contributed by atoms with E-state index in [2.05, 4.69) is 46.8 Å². The summed E-state index contributed by atoms with van der Waals surface area (Å²) in [5, 5.41) is 11.1. The van der Waals surface area contributed by atoms with E-state index in [1.807, 2.05) is 26.0 Å². The molecule has 0 bridgehead atoms. The Balaban J connectivity index is 1.89. The summed E-state index contributed by atoms with van der Waals surface area (Å²) in [6.45, 7) is 5.94. The van der Waals surface area contributed by atoms with E-state index in [1.165, 1.54) is 5.56 Å². The molecular weight excluding hydrogens is 300 g/mol. The molecule has 1 aromatic heterocycles. The van der Waals surface area contributed by atoms with Crippen LogP contribution in [0, 0.1) is 6.92 Å². The number of nitrogens with zero attached hydrogens (tertiary/aromatic N) is 3. The van der Waals surface area contributed by atoms with Gasteiger partial charge in [0.05, 0.1) is 17.6 Å². The molecule has 0 saturated heterocycles. The van der Waals surface area contributed by atoms with E-state index in [0.717, 1.165) is 16.9 Å². The average Bonchev–Trinajstić information content (AvgIpc) is 3.04. The minimum Gasteiger partial charge on any atom is -0.350 e. The van der Waals surface area contributed by atoms with Gasteiger partial charge in [0.15, 0.2) is 0 Å². The second-order valence-corrected chi connectivity index (χ2v) is 6.07. The fourth-order valence-electron chi connectivity index (χ4n) is 2.45. The SMILES string of the molecule is Cc1ccc(-c2cnnn2-c2ccc(C(=O)NC(C)C)cc2)cc1. The summed E-state index contributed by atoms with van der Waals surface area (Å²) in [5.74, 6) is -0.0751. The molecule has 0 aliphatic carbocycles. The fraction of sp³-hybridized carbons (Fsp3) is 0.211. The highest BCUT2D eigenvalue weighted by Crippen LogP contribution is 2.22. The Morgan fingerprint density at radius 1 is 1.04 bits per heavy atom. The van der Waals surface area contributed by atoms with Crippen LogP contribution in [-0.2, 0) is 0 Å². The van der Waals surface area contributed by atoms with Crippen molar-refractivity contribution in [2.45, 2.75) is 26.8 Å². The maximum atomic E-state index is 12.0. The topological polar surface area (TPSA) is 59.8 Å². The standard InChI is InChI=1S/C19H20N4O/c1-13(2)21-19(24)16-8-10-17(11-9-16)23-18(12-20-22-23)15-6-4-14(3)5-7-15/h4-13H,1-3H3,(H,21,24). The summed E-state index contributed by atoms with van der Waals surface area (Å²) >= 11 is 0. The molecule has 1 N–H and O–H groups in total. The first-order valence-electron chi connectivity index (χ1n) is 7.93. The molecule has 0 unspecified atom stereocenters. The number of carbonyl (C=O) groups excluding carboxylic acids is 1. The summed E-state index contributed by atoms with van der Waals surface area (Å²) < 4.78 is 1.77. The smallest absolute Gasteiger partial charge is 0.251 e. The number of nitrogens with one attached hydrogen (secondary N) is 1. The van der Waals surface area contributed by atoms with E-state index in [9.17, 15) is 4.79 Å². The summed E-state index contributed by atoms with van der Waals surface area (Å²) in [4.78, 5) is 12.0. The Bertz CT molecular complexity index is 833. The maximum Gasteiger partial charge on any atom is 0.251 e. The Kier molecular flexibility index (Phi) is 4.42. The van der Waals surface area contributed by atoms with E-state index in [-0.39, 0.29) is 11.9 Å². The zero-order valence-corrected chi connectivity index (χ0v) is 14.0. The van der Waals surface area contributed by atoms with Crippen LogP contribution in [0.15, 0.2) is 54.7 Å². The lowest BCUT2D eigenvalue weighted by molar-refractivity contribution is 0.0943. The molecule has 24 heavy (non-hydrogen) atoms. The van der Waals surface area contributed by atoms with Crippen LogP contribution in [0.4, 0.5) is 0 Å². The molecule has 1 heterocycles. The predicted molar refractivity (Wildman–Crippen MR) is 94.1 cm³/mol. The quantitative estimate of drug-likeness (QED) is 0.801. The van der Waals surface area contributed by atoms with Gasteiger partial charge in [0.2, 0.25) is 0 Å². The third-order valence-electron chi connectivity index (χ3n) is 3.69. The zero-order chi connectivity index (χ0) is 17.1. The van der Waals surface area contributed by atoms with E-state index < -0.39 is 0 Å². The van der Waals surface area contributed by atoms with Crippen molar-refractivity contribution < 1.29 is 4.79 Å².